The minimum absolute atomic E-state index is 0.0187. The van der Waals surface area contributed by atoms with Crippen LogP contribution >= 0.6 is 8.46 Å². The minimum atomic E-state index is -0.754. The molecule has 1 aliphatic heterocycles. The average molecular weight is 464 g/mol. The number of nitrogens with zero attached hydrogens (tertiary/aromatic N) is 3. The summed E-state index contributed by atoms with van der Waals surface area (Å²) in [6.45, 7) is 1.33. The lowest BCUT2D eigenvalue weighted by Crippen LogP contribution is -2.27. The minimum Gasteiger partial charge on any atom is -0.390 e. The van der Waals surface area contributed by atoms with Crippen LogP contribution in [0.4, 0.5) is 5.82 Å². The van der Waals surface area contributed by atoms with E-state index < -0.39 is 24.1 Å². The zero-order valence-electron chi connectivity index (χ0n) is 17.8. The van der Waals surface area contributed by atoms with E-state index in [1.807, 2.05) is 0 Å². The van der Waals surface area contributed by atoms with E-state index in [9.17, 15) is 19.3 Å². The maximum absolute atomic E-state index is 12.3. The zero-order valence-corrected chi connectivity index (χ0v) is 18.7. The smallest absolute Gasteiger partial charge is 0.351 e. The summed E-state index contributed by atoms with van der Waals surface area (Å²) in [5.74, 6) is 0.472. The van der Waals surface area contributed by atoms with Gasteiger partial charge in [0.15, 0.2) is 8.46 Å². The second-order valence-electron chi connectivity index (χ2n) is 7.69. The number of aliphatic hydroxyl groups is 1. The number of carbonyl (C=O) groups excluding carboxylic acids is 1. The van der Waals surface area contributed by atoms with E-state index in [0.717, 1.165) is 31.4 Å². The first-order valence-corrected chi connectivity index (χ1v) is 11.8. The van der Waals surface area contributed by atoms with Crippen molar-refractivity contribution < 1.29 is 19.2 Å². The highest BCUT2D eigenvalue weighted by Crippen LogP contribution is 2.29. The van der Waals surface area contributed by atoms with Gasteiger partial charge in [0, 0.05) is 37.6 Å². The highest BCUT2D eigenvalue weighted by Gasteiger charge is 2.35. The molecule has 1 aliphatic rings. The third-order valence-corrected chi connectivity index (χ3v) is 5.75. The molecule has 0 bridgehead atoms. The Morgan fingerprint density at radius 3 is 2.84 bits per heavy atom. The maximum atomic E-state index is 12.3. The number of aromatic amines is 1. The number of aromatic nitrogens is 4. The molecule has 1 saturated heterocycles. The molecule has 174 valence electrons. The number of ether oxygens (including phenoxy) is 1. The van der Waals surface area contributed by atoms with Crippen LogP contribution in [0.15, 0.2) is 29.6 Å². The Morgan fingerprint density at radius 2 is 2.12 bits per heavy atom. The molecule has 0 aromatic carbocycles. The van der Waals surface area contributed by atoms with Crippen molar-refractivity contribution in [1.29, 1.82) is 0 Å². The van der Waals surface area contributed by atoms with Crippen molar-refractivity contribution in [1.82, 2.24) is 24.8 Å². The van der Waals surface area contributed by atoms with Crippen LogP contribution < -0.4 is 16.3 Å². The van der Waals surface area contributed by atoms with Crippen LogP contribution in [0.25, 0.3) is 0 Å². The highest BCUT2D eigenvalue weighted by atomic mass is 31.1. The molecule has 3 heterocycles. The third kappa shape index (κ3) is 7.22. The summed E-state index contributed by atoms with van der Waals surface area (Å²) in [6, 6.07) is 1.70. The number of amides is 1. The molecule has 2 aromatic rings. The number of anilines is 1. The van der Waals surface area contributed by atoms with Crippen molar-refractivity contribution >= 4 is 20.2 Å². The fourth-order valence-electron chi connectivity index (χ4n) is 3.52. The van der Waals surface area contributed by atoms with Crippen molar-refractivity contribution in [3.8, 4) is 0 Å². The van der Waals surface area contributed by atoms with Crippen LogP contribution in [-0.2, 0) is 20.5 Å². The second-order valence-corrected chi connectivity index (χ2v) is 8.31. The first kappa shape index (κ1) is 24.0. The van der Waals surface area contributed by atoms with Gasteiger partial charge in [-0.1, -0.05) is 12.8 Å². The molecule has 2 aromatic heterocycles. The van der Waals surface area contributed by atoms with Crippen LogP contribution in [0, 0.1) is 0 Å². The molecule has 0 radical (unpaired) electrons. The van der Waals surface area contributed by atoms with E-state index in [-0.39, 0.29) is 27.0 Å². The van der Waals surface area contributed by atoms with Gasteiger partial charge in [0.25, 0.3) is 0 Å². The standard InChI is InChI=1S/C20H29N6O5P/c27-15-10-19(31-16(15)12-32-30)26-8-5-17(25-20(26)29)22-6-3-1-2-4-7-23-18(28)9-14-11-21-13-24-14/h5,8,11,13,15-16,19,27H,1-4,6-7,9-10,12H2,(H,21,24)(H,23,28)(H,22,25,29). The lowest BCUT2D eigenvalue weighted by Gasteiger charge is -2.14. The molecule has 0 saturated carbocycles. The van der Waals surface area contributed by atoms with Gasteiger partial charge in [-0.25, -0.2) is 9.78 Å². The Bertz CT molecular complexity index is 921. The number of aliphatic hydroxyl groups excluding tert-OH is 1. The number of rotatable bonds is 13. The van der Waals surface area contributed by atoms with Gasteiger partial charge in [0.05, 0.1) is 31.1 Å². The van der Waals surface area contributed by atoms with Crippen LogP contribution in [0.1, 0.15) is 44.0 Å². The number of imidazole rings is 1. The highest BCUT2D eigenvalue weighted by molar-refractivity contribution is 7.23. The summed E-state index contributed by atoms with van der Waals surface area (Å²) in [5, 5.41) is 16.0. The van der Waals surface area contributed by atoms with Gasteiger partial charge in [0.2, 0.25) is 5.91 Å². The summed E-state index contributed by atoms with van der Waals surface area (Å²) in [7, 11) is -0.100. The maximum Gasteiger partial charge on any atom is 0.351 e. The van der Waals surface area contributed by atoms with Crippen molar-refractivity contribution in [2.45, 2.75) is 57.0 Å². The second kappa shape index (κ2) is 12.4. The Hall–Kier alpha value is -2.62. The van der Waals surface area contributed by atoms with Gasteiger partial charge in [-0.05, 0) is 18.9 Å². The molecule has 3 atom stereocenters. The Morgan fingerprint density at radius 1 is 1.31 bits per heavy atom. The van der Waals surface area contributed by atoms with Gasteiger partial charge in [-0.2, -0.15) is 4.98 Å². The summed E-state index contributed by atoms with van der Waals surface area (Å²) in [5.41, 5.74) is 0.338. The van der Waals surface area contributed by atoms with E-state index >= 15 is 0 Å². The Kier molecular flexibility index (Phi) is 9.33. The quantitative estimate of drug-likeness (QED) is 0.255. The molecule has 3 unspecified atom stereocenters. The SMILES string of the molecule is O=PCC1OC(n2ccc(NCCCCCCNC(=O)Cc3cnc[nH]3)nc2=O)CC1O. The number of unbranched alkanes of at least 4 members (excludes halogenated alkanes) is 3. The van der Waals surface area contributed by atoms with Crippen LogP contribution in [-0.4, -0.2) is 62.0 Å². The van der Waals surface area contributed by atoms with Crippen molar-refractivity contribution in [3.63, 3.8) is 0 Å². The first-order chi connectivity index (χ1) is 15.6. The van der Waals surface area contributed by atoms with Gasteiger partial charge in [0.1, 0.15) is 12.0 Å². The molecular weight excluding hydrogens is 435 g/mol. The zero-order chi connectivity index (χ0) is 22.8. The molecule has 0 aliphatic carbocycles. The monoisotopic (exact) mass is 464 g/mol. The number of H-pyrrole nitrogens is 1. The van der Waals surface area contributed by atoms with Crippen LogP contribution in [0.3, 0.4) is 0 Å². The van der Waals surface area contributed by atoms with Gasteiger partial charge >= 0.3 is 5.69 Å². The fourth-order valence-corrected chi connectivity index (χ4v) is 4.00. The number of nitrogens with one attached hydrogen (secondary N) is 3. The lowest BCUT2D eigenvalue weighted by atomic mass is 10.2. The lowest BCUT2D eigenvalue weighted by molar-refractivity contribution is -0.120. The Balaban J connectivity index is 1.28. The summed E-state index contributed by atoms with van der Waals surface area (Å²) in [4.78, 5) is 34.9. The van der Waals surface area contributed by atoms with Gasteiger partial charge in [-0.15, -0.1) is 0 Å². The molecule has 0 spiro atoms. The predicted octanol–water partition coefficient (Wildman–Crippen LogP) is 1.24. The largest absolute Gasteiger partial charge is 0.390 e. The van der Waals surface area contributed by atoms with E-state index in [1.165, 1.54) is 4.57 Å². The van der Waals surface area contributed by atoms with Gasteiger partial charge < -0.3 is 25.5 Å². The third-order valence-electron chi connectivity index (χ3n) is 5.24. The molecule has 12 heteroatoms. The Labute approximate surface area is 187 Å². The van der Waals surface area contributed by atoms with Crippen LogP contribution in [0.2, 0.25) is 0 Å². The topological polar surface area (TPSA) is 151 Å². The molecule has 3 rings (SSSR count). The molecule has 1 fully saturated rings. The average Bonchev–Trinajstić information content (AvgIpc) is 3.40. The fraction of sp³-hybridized carbons (Fsp3) is 0.600. The number of hydrogen-bond donors (Lipinski definition) is 4. The van der Waals surface area contributed by atoms with E-state index in [1.54, 1.807) is 24.8 Å². The molecule has 4 N–H and O–H groups in total. The van der Waals surface area contributed by atoms with Crippen molar-refractivity contribution in [2.24, 2.45) is 0 Å². The summed E-state index contributed by atoms with van der Waals surface area (Å²) < 4.78 is 17.7. The molecule has 1 amide bonds. The molecule has 32 heavy (non-hydrogen) atoms. The van der Waals surface area contributed by atoms with Gasteiger partial charge in [-0.3, -0.25) is 13.9 Å². The number of hydrogen-bond acceptors (Lipinski definition) is 8. The normalized spacial score (nSPS) is 20.5. The molecular formula is C20H29N6O5P. The van der Waals surface area contributed by atoms with E-state index in [2.05, 4.69) is 25.6 Å². The predicted molar refractivity (Wildman–Crippen MR) is 118 cm³/mol. The molecule has 11 nitrogen and oxygen atoms in total. The summed E-state index contributed by atoms with van der Waals surface area (Å²) in [6.07, 6.45) is 7.46. The van der Waals surface area contributed by atoms with Crippen molar-refractivity contribution in [3.05, 3.63) is 41.0 Å². The van der Waals surface area contributed by atoms with Crippen LogP contribution in [0.5, 0.6) is 0 Å². The first-order valence-electron chi connectivity index (χ1n) is 10.8. The van der Waals surface area contributed by atoms with E-state index in [0.29, 0.717) is 25.3 Å². The number of carbonyl (C=O) groups is 1. The van der Waals surface area contributed by atoms with E-state index in [4.69, 9.17) is 4.74 Å². The van der Waals surface area contributed by atoms with Crippen molar-refractivity contribution in [2.75, 3.05) is 24.6 Å². The summed E-state index contributed by atoms with van der Waals surface area (Å²) >= 11 is 0.